The van der Waals surface area contributed by atoms with Crippen LogP contribution in [0.4, 0.5) is 0 Å². The van der Waals surface area contributed by atoms with E-state index in [-0.39, 0.29) is 18.7 Å². The molecule has 1 heterocycles. The van der Waals surface area contributed by atoms with Gasteiger partial charge < -0.3 is 14.7 Å². The Bertz CT molecular complexity index is 102. The van der Waals surface area contributed by atoms with Crippen LogP contribution in [-0.2, 0) is 4.74 Å². The van der Waals surface area contributed by atoms with E-state index >= 15 is 0 Å². The number of hydrogen-bond acceptors (Lipinski definition) is 3. The van der Waals surface area contributed by atoms with E-state index in [0.717, 1.165) is 13.1 Å². The molecule has 1 aliphatic rings. The van der Waals surface area contributed by atoms with Gasteiger partial charge >= 0.3 is 0 Å². The van der Waals surface area contributed by atoms with Gasteiger partial charge in [-0.3, -0.25) is 0 Å². The molecule has 0 spiro atoms. The third-order valence-electron chi connectivity index (χ3n) is 1.71. The average molecular weight is 143 g/mol. The summed E-state index contributed by atoms with van der Waals surface area (Å²) >= 11 is 0. The summed E-state index contributed by atoms with van der Waals surface area (Å²) in [7, 11) is 4.07. The van der Waals surface area contributed by atoms with Gasteiger partial charge in [-0.05, 0) is 7.05 Å². The molecule has 1 N–H and O–H groups in total. The molecule has 0 aromatic rings. The van der Waals surface area contributed by atoms with Gasteiger partial charge in [-0.2, -0.15) is 0 Å². The van der Waals surface area contributed by atoms with Crippen molar-refractivity contribution in [3.05, 3.63) is 0 Å². The molecule has 10 heavy (non-hydrogen) atoms. The third-order valence-corrected chi connectivity index (χ3v) is 1.71. The van der Waals surface area contributed by atoms with Crippen LogP contribution in [0.25, 0.3) is 0 Å². The zero-order valence-electron chi connectivity index (χ0n) is 6.58. The van der Waals surface area contributed by atoms with Gasteiger partial charge in [-0.25, -0.2) is 0 Å². The number of rotatable bonds is 1. The second kappa shape index (κ2) is 3.37. The Morgan fingerprint density at radius 3 is 2.90 bits per heavy atom. The summed E-state index contributed by atoms with van der Waals surface area (Å²) in [6.45, 7) is 1.95. The topological polar surface area (TPSA) is 32.7 Å². The lowest BCUT2D eigenvalue weighted by Crippen LogP contribution is -2.47. The fourth-order valence-electron chi connectivity index (χ4n) is 1.38. The zero-order chi connectivity index (χ0) is 7.56. The lowest BCUT2D eigenvalue weighted by Gasteiger charge is -2.33. The maximum absolute atomic E-state index is 8.77. The predicted molar refractivity (Wildman–Crippen MR) is 41.8 cm³/mol. The van der Waals surface area contributed by atoms with Crippen LogP contribution in [0.5, 0.6) is 0 Å². The Kier molecular flexibility index (Phi) is 2.71. The molecule has 0 saturated carbocycles. The minimum Gasteiger partial charge on any atom is -0.394 e. The lowest BCUT2D eigenvalue weighted by atomic mass is 9.98. The highest BCUT2D eigenvalue weighted by molar-refractivity contribution is 6.11. The van der Waals surface area contributed by atoms with Crippen molar-refractivity contribution in [1.29, 1.82) is 0 Å². The van der Waals surface area contributed by atoms with E-state index in [4.69, 9.17) is 9.84 Å². The number of likely N-dealkylation sites (N-methyl/N-ethyl adjacent to an activating group) is 1. The molecule has 3 nitrogen and oxygen atoms in total. The van der Waals surface area contributed by atoms with Gasteiger partial charge in [-0.1, -0.05) is 0 Å². The van der Waals surface area contributed by atoms with E-state index < -0.39 is 0 Å². The van der Waals surface area contributed by atoms with Gasteiger partial charge in [0.05, 0.1) is 12.7 Å². The summed E-state index contributed by atoms with van der Waals surface area (Å²) in [5.41, 5.74) is 0. The Labute approximate surface area is 62.4 Å². The molecule has 1 aliphatic heterocycles. The van der Waals surface area contributed by atoms with Crippen molar-refractivity contribution in [3.8, 4) is 0 Å². The van der Waals surface area contributed by atoms with Crippen LogP contribution in [0, 0.1) is 0 Å². The maximum Gasteiger partial charge on any atom is 0.140 e. The van der Waals surface area contributed by atoms with Crippen molar-refractivity contribution in [1.82, 2.24) is 4.90 Å². The summed E-state index contributed by atoms with van der Waals surface area (Å²) in [4.78, 5) is 2.18. The molecule has 0 aromatic heterocycles. The standard InChI is InChI=1S/C6H14BNO2/c1-8-2-5(4-9)10-6(7)3-8/h5-6,9H,2-4,7H2,1H3. The first-order chi connectivity index (χ1) is 4.72. The van der Waals surface area contributed by atoms with E-state index in [1.165, 1.54) is 0 Å². The normalized spacial score (nSPS) is 36.2. The van der Waals surface area contributed by atoms with E-state index in [9.17, 15) is 0 Å². The second-order valence-electron chi connectivity index (χ2n) is 2.97. The van der Waals surface area contributed by atoms with Crippen molar-refractivity contribution in [2.24, 2.45) is 0 Å². The molecule has 58 valence electrons. The maximum atomic E-state index is 8.77. The third kappa shape index (κ3) is 1.97. The Hall–Kier alpha value is -0.0551. The molecule has 0 aliphatic carbocycles. The SMILES string of the molecule is BC1CN(C)CC(CO)O1. The molecule has 1 fully saturated rings. The number of hydrogen-bond donors (Lipinski definition) is 1. The van der Waals surface area contributed by atoms with Gasteiger partial charge in [0, 0.05) is 19.1 Å². The molecule has 1 saturated heterocycles. The number of aliphatic hydroxyl groups is 1. The summed E-state index contributed by atoms with van der Waals surface area (Å²) in [5, 5.41) is 8.77. The van der Waals surface area contributed by atoms with E-state index in [0.29, 0.717) is 0 Å². The highest BCUT2D eigenvalue weighted by atomic mass is 16.5. The number of ether oxygens (including phenoxy) is 1. The molecule has 0 amide bonds. The fraction of sp³-hybridized carbons (Fsp3) is 1.00. The number of nitrogens with zero attached hydrogens (tertiary/aromatic N) is 1. The second-order valence-corrected chi connectivity index (χ2v) is 2.97. The highest BCUT2D eigenvalue weighted by Gasteiger charge is 2.21. The Morgan fingerprint density at radius 2 is 2.40 bits per heavy atom. The first kappa shape index (κ1) is 8.05. The van der Waals surface area contributed by atoms with Crippen molar-refractivity contribution in [2.45, 2.75) is 12.1 Å². The van der Waals surface area contributed by atoms with Crippen molar-refractivity contribution in [2.75, 3.05) is 26.7 Å². The van der Waals surface area contributed by atoms with Crippen LogP contribution < -0.4 is 0 Å². The minimum absolute atomic E-state index is 0.0220. The van der Waals surface area contributed by atoms with E-state index in [1.807, 2.05) is 14.9 Å². The van der Waals surface area contributed by atoms with Gasteiger partial charge in [0.25, 0.3) is 0 Å². The smallest absolute Gasteiger partial charge is 0.140 e. The van der Waals surface area contributed by atoms with Gasteiger partial charge in [0.2, 0.25) is 0 Å². The average Bonchev–Trinajstić information content (AvgIpc) is 1.85. The summed E-state index contributed by atoms with van der Waals surface area (Å²) in [5.74, 6) is 0. The van der Waals surface area contributed by atoms with E-state index in [2.05, 4.69) is 4.90 Å². The molecule has 2 atom stereocenters. The molecule has 0 radical (unpaired) electrons. The predicted octanol–water partition coefficient (Wildman–Crippen LogP) is -1.73. The van der Waals surface area contributed by atoms with Crippen molar-refractivity contribution in [3.63, 3.8) is 0 Å². The zero-order valence-corrected chi connectivity index (χ0v) is 6.58. The van der Waals surface area contributed by atoms with Crippen LogP contribution in [-0.4, -0.2) is 56.7 Å². The molecular weight excluding hydrogens is 129 g/mol. The lowest BCUT2D eigenvalue weighted by molar-refractivity contribution is -0.0642. The number of aliphatic hydroxyl groups excluding tert-OH is 1. The molecule has 0 aromatic carbocycles. The Morgan fingerprint density at radius 1 is 1.70 bits per heavy atom. The Balaban J connectivity index is 2.35. The van der Waals surface area contributed by atoms with Crippen LogP contribution in [0.2, 0.25) is 0 Å². The van der Waals surface area contributed by atoms with Gasteiger partial charge in [0.1, 0.15) is 7.85 Å². The van der Waals surface area contributed by atoms with Gasteiger partial charge in [0.15, 0.2) is 0 Å². The van der Waals surface area contributed by atoms with Crippen molar-refractivity contribution >= 4 is 7.85 Å². The summed E-state index contributed by atoms with van der Waals surface area (Å²) < 4.78 is 5.41. The summed E-state index contributed by atoms with van der Waals surface area (Å²) in [6.07, 6.45) is 0.0220. The van der Waals surface area contributed by atoms with Crippen molar-refractivity contribution < 1.29 is 9.84 Å². The highest BCUT2D eigenvalue weighted by Crippen LogP contribution is 2.05. The molecule has 4 heteroatoms. The monoisotopic (exact) mass is 143 g/mol. The van der Waals surface area contributed by atoms with Crippen LogP contribution in [0.3, 0.4) is 0 Å². The first-order valence-corrected chi connectivity index (χ1v) is 3.67. The van der Waals surface area contributed by atoms with Crippen LogP contribution in [0.1, 0.15) is 0 Å². The van der Waals surface area contributed by atoms with E-state index in [1.54, 1.807) is 0 Å². The number of morpholine rings is 1. The fourth-order valence-corrected chi connectivity index (χ4v) is 1.38. The molecular formula is C6H14BNO2. The van der Waals surface area contributed by atoms with Crippen LogP contribution >= 0.6 is 0 Å². The molecule has 2 unspecified atom stereocenters. The van der Waals surface area contributed by atoms with Crippen LogP contribution in [0.15, 0.2) is 0 Å². The first-order valence-electron chi connectivity index (χ1n) is 3.67. The largest absolute Gasteiger partial charge is 0.394 e. The van der Waals surface area contributed by atoms with Gasteiger partial charge in [-0.15, -0.1) is 0 Å². The molecule has 0 bridgehead atoms. The minimum atomic E-state index is 0.0220. The molecule has 1 rings (SSSR count). The quantitative estimate of drug-likeness (QED) is 0.442. The summed E-state index contributed by atoms with van der Waals surface area (Å²) in [6, 6.07) is 0.260.